The maximum absolute atomic E-state index is 13.1. The van der Waals surface area contributed by atoms with Gasteiger partial charge < -0.3 is 5.11 Å². The number of carbonyl (C=O) groups is 2. The van der Waals surface area contributed by atoms with Gasteiger partial charge in [-0.15, -0.1) is 0 Å². The minimum Gasteiger partial charge on any atom is -0.507 e. The monoisotopic (exact) mass is 418 g/mol. The lowest BCUT2D eigenvalue weighted by Gasteiger charge is -2.26. The van der Waals surface area contributed by atoms with Crippen LogP contribution >= 0.6 is 11.6 Å². The number of ketones is 1. The van der Waals surface area contributed by atoms with E-state index in [0.29, 0.717) is 21.8 Å². The van der Waals surface area contributed by atoms with Gasteiger partial charge in [0.15, 0.2) is 0 Å². The van der Waals surface area contributed by atoms with Crippen LogP contribution in [0.25, 0.3) is 5.76 Å². The van der Waals surface area contributed by atoms with Crippen molar-refractivity contribution in [2.45, 2.75) is 19.9 Å². The summed E-state index contributed by atoms with van der Waals surface area (Å²) in [6.45, 7) is 3.77. The molecule has 0 aliphatic carbocycles. The van der Waals surface area contributed by atoms with E-state index >= 15 is 0 Å². The fourth-order valence-electron chi connectivity index (χ4n) is 3.64. The van der Waals surface area contributed by atoms with Crippen LogP contribution in [0.15, 0.2) is 72.6 Å². The molecule has 1 aliphatic heterocycles. The third-order valence-electron chi connectivity index (χ3n) is 5.20. The number of aliphatic hydroxyl groups is 1. The van der Waals surface area contributed by atoms with E-state index < -0.39 is 17.7 Å². The van der Waals surface area contributed by atoms with Gasteiger partial charge in [0.2, 0.25) is 0 Å². The molecule has 1 fully saturated rings. The Morgan fingerprint density at radius 3 is 2.47 bits per heavy atom. The third kappa shape index (κ3) is 3.37. The topological polar surface area (TPSA) is 70.5 Å². The van der Waals surface area contributed by atoms with E-state index in [2.05, 4.69) is 4.98 Å². The van der Waals surface area contributed by atoms with Gasteiger partial charge in [-0.1, -0.05) is 53.6 Å². The highest BCUT2D eigenvalue weighted by Gasteiger charge is 2.47. The van der Waals surface area contributed by atoms with Crippen molar-refractivity contribution in [3.63, 3.8) is 0 Å². The molecule has 6 heteroatoms. The Balaban J connectivity index is 1.97. The molecular weight excluding hydrogens is 400 g/mol. The van der Waals surface area contributed by atoms with Crippen LogP contribution in [0.5, 0.6) is 0 Å². The molecule has 0 saturated carbocycles. The molecule has 1 unspecified atom stereocenters. The molecule has 150 valence electrons. The zero-order chi connectivity index (χ0) is 21.4. The number of hydrogen-bond donors (Lipinski definition) is 1. The number of halogens is 1. The Kier molecular flexibility index (Phi) is 5.14. The molecule has 30 heavy (non-hydrogen) atoms. The molecule has 1 N–H and O–H groups in total. The van der Waals surface area contributed by atoms with Gasteiger partial charge in [0, 0.05) is 28.7 Å². The zero-order valence-electron chi connectivity index (χ0n) is 16.5. The van der Waals surface area contributed by atoms with Gasteiger partial charge in [-0.3, -0.25) is 19.5 Å². The summed E-state index contributed by atoms with van der Waals surface area (Å²) in [7, 11) is 0. The summed E-state index contributed by atoms with van der Waals surface area (Å²) in [5.74, 6) is -1.69. The number of pyridine rings is 1. The molecule has 0 spiro atoms. The fraction of sp³-hybridized carbons (Fsp3) is 0.125. The Morgan fingerprint density at radius 1 is 1.07 bits per heavy atom. The number of aryl methyl sites for hydroxylation is 2. The average molecular weight is 419 g/mol. The van der Waals surface area contributed by atoms with E-state index in [1.54, 1.807) is 54.9 Å². The Hall–Kier alpha value is -3.44. The van der Waals surface area contributed by atoms with Crippen LogP contribution in [-0.2, 0) is 9.59 Å². The van der Waals surface area contributed by atoms with Gasteiger partial charge in [-0.05, 0) is 43.2 Å². The highest BCUT2D eigenvalue weighted by Crippen LogP contribution is 2.43. The minimum absolute atomic E-state index is 0.0243. The number of anilines is 1. The third-order valence-corrected chi connectivity index (χ3v) is 5.44. The summed E-state index contributed by atoms with van der Waals surface area (Å²) in [5, 5.41) is 11.5. The largest absolute Gasteiger partial charge is 0.507 e. The van der Waals surface area contributed by atoms with Crippen LogP contribution in [-0.4, -0.2) is 21.8 Å². The summed E-state index contributed by atoms with van der Waals surface area (Å²) < 4.78 is 0. The molecule has 1 atom stereocenters. The van der Waals surface area contributed by atoms with Gasteiger partial charge >= 0.3 is 0 Å². The molecule has 0 bridgehead atoms. The number of carbonyl (C=O) groups excluding carboxylic acids is 2. The zero-order valence-corrected chi connectivity index (χ0v) is 17.2. The van der Waals surface area contributed by atoms with E-state index in [0.717, 1.165) is 11.1 Å². The Labute approximate surface area is 179 Å². The van der Waals surface area contributed by atoms with Crippen molar-refractivity contribution in [1.29, 1.82) is 0 Å². The normalized spacial score (nSPS) is 18.1. The molecule has 2 heterocycles. The molecule has 5 nitrogen and oxygen atoms in total. The molecule has 1 amide bonds. The van der Waals surface area contributed by atoms with Crippen molar-refractivity contribution in [3.8, 4) is 0 Å². The summed E-state index contributed by atoms with van der Waals surface area (Å²) in [4.78, 5) is 31.7. The first-order valence-corrected chi connectivity index (χ1v) is 9.80. The van der Waals surface area contributed by atoms with E-state index in [-0.39, 0.29) is 11.3 Å². The van der Waals surface area contributed by atoms with E-state index in [4.69, 9.17) is 11.6 Å². The van der Waals surface area contributed by atoms with Crippen molar-refractivity contribution in [2.24, 2.45) is 0 Å². The number of amides is 1. The van der Waals surface area contributed by atoms with Crippen LogP contribution < -0.4 is 4.90 Å². The number of hydrogen-bond acceptors (Lipinski definition) is 4. The summed E-state index contributed by atoms with van der Waals surface area (Å²) in [6, 6.07) is 15.0. The lowest BCUT2D eigenvalue weighted by atomic mass is 9.95. The summed E-state index contributed by atoms with van der Waals surface area (Å²) in [5.41, 5.74) is 3.42. The SMILES string of the molecule is Cc1ccc(/C(O)=C2\C(=O)C(=O)N(c3cc(Cl)ccc3C)C2c2cccnc2)cc1. The first-order chi connectivity index (χ1) is 14.4. The second kappa shape index (κ2) is 7.76. The van der Waals surface area contributed by atoms with Crippen LogP contribution in [0.2, 0.25) is 5.02 Å². The standard InChI is InChI=1S/C24H19ClN2O3/c1-14-5-8-16(9-6-14)22(28)20-21(17-4-3-11-26-13-17)27(24(30)23(20)29)19-12-18(25)10-7-15(19)2/h3-13,21,28H,1-2H3/b22-20+. The number of Topliss-reactive ketones (excluding diaryl/α,β-unsaturated/α-hetero) is 1. The van der Waals surface area contributed by atoms with E-state index in [1.165, 1.54) is 4.90 Å². The maximum Gasteiger partial charge on any atom is 0.300 e. The second-order valence-electron chi connectivity index (χ2n) is 7.25. The lowest BCUT2D eigenvalue weighted by molar-refractivity contribution is -0.132. The van der Waals surface area contributed by atoms with Gasteiger partial charge in [-0.2, -0.15) is 0 Å². The van der Waals surface area contributed by atoms with Gasteiger partial charge in [0.05, 0.1) is 11.6 Å². The lowest BCUT2D eigenvalue weighted by Crippen LogP contribution is -2.30. The molecule has 0 radical (unpaired) electrons. The molecule has 4 rings (SSSR count). The van der Waals surface area contributed by atoms with Crippen LogP contribution in [0.1, 0.15) is 28.3 Å². The van der Waals surface area contributed by atoms with Crippen LogP contribution in [0.3, 0.4) is 0 Å². The smallest absolute Gasteiger partial charge is 0.300 e. The van der Waals surface area contributed by atoms with Gasteiger partial charge in [0.1, 0.15) is 5.76 Å². The summed E-state index contributed by atoms with van der Waals surface area (Å²) >= 11 is 6.19. The molecule has 1 saturated heterocycles. The predicted molar refractivity (Wildman–Crippen MR) is 116 cm³/mol. The van der Waals surface area contributed by atoms with Crippen molar-refractivity contribution in [3.05, 3.63) is 99.8 Å². The highest BCUT2D eigenvalue weighted by molar-refractivity contribution is 6.52. The molecule has 3 aromatic rings. The Morgan fingerprint density at radius 2 is 1.80 bits per heavy atom. The first-order valence-electron chi connectivity index (χ1n) is 9.42. The second-order valence-corrected chi connectivity index (χ2v) is 7.69. The number of aliphatic hydroxyl groups excluding tert-OH is 1. The molecule has 2 aromatic carbocycles. The summed E-state index contributed by atoms with van der Waals surface area (Å²) in [6.07, 6.45) is 3.20. The number of nitrogens with zero attached hydrogens (tertiary/aromatic N) is 2. The predicted octanol–water partition coefficient (Wildman–Crippen LogP) is 4.98. The van der Waals surface area contributed by atoms with Crippen molar-refractivity contribution >= 4 is 34.7 Å². The fourth-order valence-corrected chi connectivity index (χ4v) is 3.81. The van der Waals surface area contributed by atoms with Crippen molar-refractivity contribution in [1.82, 2.24) is 4.98 Å². The van der Waals surface area contributed by atoms with Gasteiger partial charge in [0.25, 0.3) is 11.7 Å². The number of benzene rings is 2. The highest BCUT2D eigenvalue weighted by atomic mass is 35.5. The molecule has 1 aromatic heterocycles. The van der Waals surface area contributed by atoms with Crippen LogP contribution in [0, 0.1) is 13.8 Å². The quantitative estimate of drug-likeness (QED) is 0.370. The van der Waals surface area contributed by atoms with E-state index in [1.807, 2.05) is 26.0 Å². The van der Waals surface area contributed by atoms with Crippen molar-refractivity contribution < 1.29 is 14.7 Å². The van der Waals surface area contributed by atoms with Crippen molar-refractivity contribution in [2.75, 3.05) is 4.90 Å². The van der Waals surface area contributed by atoms with Gasteiger partial charge in [-0.25, -0.2) is 0 Å². The Bertz CT molecular complexity index is 1170. The van der Waals surface area contributed by atoms with Crippen LogP contribution in [0.4, 0.5) is 5.69 Å². The first kappa shape index (κ1) is 19.9. The maximum atomic E-state index is 13.1. The average Bonchev–Trinajstić information content (AvgIpc) is 3.01. The molecular formula is C24H19ClN2O3. The minimum atomic E-state index is -0.822. The number of rotatable bonds is 3. The molecule has 1 aliphatic rings. The van der Waals surface area contributed by atoms with E-state index in [9.17, 15) is 14.7 Å². The number of aromatic nitrogens is 1.